The Morgan fingerprint density at radius 1 is 1.23 bits per heavy atom. The molecule has 0 spiro atoms. The van der Waals surface area contributed by atoms with E-state index in [1.54, 1.807) is 14.1 Å². The molecule has 0 unspecified atom stereocenters. The van der Waals surface area contributed by atoms with Crippen LogP contribution in [0.5, 0.6) is 6.01 Å². The van der Waals surface area contributed by atoms with Crippen LogP contribution in [-0.2, 0) is 6.61 Å². The van der Waals surface area contributed by atoms with Gasteiger partial charge in [0.15, 0.2) is 5.65 Å². The molecule has 0 atom stereocenters. The number of carbonyl (C=O) groups is 1. The van der Waals surface area contributed by atoms with Crippen molar-refractivity contribution in [2.45, 2.75) is 6.61 Å². The van der Waals surface area contributed by atoms with Gasteiger partial charge in [0.2, 0.25) is 0 Å². The van der Waals surface area contributed by atoms with Crippen molar-refractivity contribution in [1.29, 1.82) is 0 Å². The third kappa shape index (κ3) is 2.73. The lowest BCUT2D eigenvalue weighted by molar-refractivity contribution is 0.220. The van der Waals surface area contributed by atoms with E-state index in [0.717, 1.165) is 5.56 Å². The summed E-state index contributed by atoms with van der Waals surface area (Å²) in [4.78, 5) is 25.9. The molecule has 0 bridgehead atoms. The van der Waals surface area contributed by atoms with Crippen molar-refractivity contribution in [1.82, 2.24) is 24.4 Å². The summed E-state index contributed by atoms with van der Waals surface area (Å²) in [6, 6.07) is 9.78. The largest absolute Gasteiger partial charge is 0.459 e. The minimum absolute atomic E-state index is 0.205. The number of hydrogen-bond donors (Lipinski definition) is 0. The first-order chi connectivity index (χ1) is 10.6. The Morgan fingerprint density at radius 3 is 2.73 bits per heavy atom. The van der Waals surface area contributed by atoms with Crippen LogP contribution in [0.3, 0.4) is 0 Å². The van der Waals surface area contributed by atoms with Gasteiger partial charge in [-0.05, 0) is 5.56 Å². The van der Waals surface area contributed by atoms with Gasteiger partial charge in [-0.3, -0.25) is 0 Å². The molecule has 0 aliphatic carbocycles. The van der Waals surface area contributed by atoms with Gasteiger partial charge in [-0.1, -0.05) is 30.3 Å². The quantitative estimate of drug-likeness (QED) is 0.738. The van der Waals surface area contributed by atoms with Crippen molar-refractivity contribution in [3.63, 3.8) is 0 Å². The lowest BCUT2D eigenvalue weighted by Gasteiger charge is -2.10. The predicted octanol–water partition coefficient (Wildman–Crippen LogP) is 1.94. The Morgan fingerprint density at radius 2 is 2.00 bits per heavy atom. The molecular formula is C15H15N5O2. The van der Waals surface area contributed by atoms with E-state index in [-0.39, 0.29) is 12.0 Å². The Hall–Kier alpha value is -2.96. The Bertz CT molecular complexity index is 798. The lowest BCUT2D eigenvalue weighted by Crippen LogP contribution is -2.26. The average molecular weight is 297 g/mol. The summed E-state index contributed by atoms with van der Waals surface area (Å²) in [7, 11) is 3.35. The number of benzene rings is 1. The van der Waals surface area contributed by atoms with E-state index in [4.69, 9.17) is 4.74 Å². The van der Waals surface area contributed by atoms with Crippen molar-refractivity contribution in [3.05, 3.63) is 48.4 Å². The Labute approximate surface area is 127 Å². The minimum Gasteiger partial charge on any atom is -0.459 e. The van der Waals surface area contributed by atoms with E-state index in [1.165, 1.54) is 22.0 Å². The molecule has 7 nitrogen and oxygen atoms in total. The van der Waals surface area contributed by atoms with Crippen LogP contribution in [0, 0.1) is 0 Å². The van der Waals surface area contributed by atoms with Gasteiger partial charge >= 0.3 is 12.0 Å². The molecule has 2 aromatic heterocycles. The number of fused-ring (bicyclic) bond motifs is 1. The van der Waals surface area contributed by atoms with Crippen molar-refractivity contribution >= 4 is 17.2 Å². The summed E-state index contributed by atoms with van der Waals surface area (Å²) in [5.74, 6) is 0. The van der Waals surface area contributed by atoms with Gasteiger partial charge in [0.1, 0.15) is 18.5 Å². The first-order valence-electron chi connectivity index (χ1n) is 6.73. The molecule has 2 heterocycles. The highest BCUT2D eigenvalue weighted by Gasteiger charge is 2.13. The Kier molecular flexibility index (Phi) is 3.69. The van der Waals surface area contributed by atoms with Gasteiger partial charge in [0, 0.05) is 14.1 Å². The summed E-state index contributed by atoms with van der Waals surface area (Å²) in [6.45, 7) is 0.379. The first kappa shape index (κ1) is 14.0. The molecule has 0 fully saturated rings. The normalized spacial score (nSPS) is 10.6. The van der Waals surface area contributed by atoms with Gasteiger partial charge < -0.3 is 9.64 Å². The maximum Gasteiger partial charge on any atom is 0.329 e. The number of ether oxygens (including phenoxy) is 1. The number of rotatable bonds is 3. The molecule has 0 saturated heterocycles. The minimum atomic E-state index is -0.205. The number of nitrogens with zero attached hydrogens (tertiary/aromatic N) is 5. The van der Waals surface area contributed by atoms with Crippen LogP contribution in [0.4, 0.5) is 4.79 Å². The van der Waals surface area contributed by atoms with Crippen LogP contribution in [0.2, 0.25) is 0 Å². The molecule has 112 valence electrons. The lowest BCUT2D eigenvalue weighted by atomic mass is 10.2. The van der Waals surface area contributed by atoms with E-state index in [9.17, 15) is 4.79 Å². The third-order valence-corrected chi connectivity index (χ3v) is 3.08. The topological polar surface area (TPSA) is 73.1 Å². The second-order valence-corrected chi connectivity index (χ2v) is 4.93. The van der Waals surface area contributed by atoms with E-state index in [2.05, 4.69) is 15.0 Å². The highest BCUT2D eigenvalue weighted by molar-refractivity contribution is 5.87. The molecule has 3 rings (SSSR count). The maximum atomic E-state index is 12.0. The molecule has 0 saturated carbocycles. The van der Waals surface area contributed by atoms with Gasteiger partial charge in [-0.25, -0.2) is 19.3 Å². The van der Waals surface area contributed by atoms with Crippen molar-refractivity contribution in [2.75, 3.05) is 14.1 Å². The summed E-state index contributed by atoms with van der Waals surface area (Å²) in [5.41, 5.74) is 2.00. The zero-order valence-electron chi connectivity index (χ0n) is 12.3. The van der Waals surface area contributed by atoms with Crippen LogP contribution in [0.1, 0.15) is 5.56 Å². The zero-order valence-corrected chi connectivity index (χ0v) is 12.3. The molecule has 1 amide bonds. The molecule has 3 aromatic rings. The number of amides is 1. The fourth-order valence-electron chi connectivity index (χ4n) is 1.95. The molecule has 0 aliphatic heterocycles. The molecule has 1 aromatic carbocycles. The SMILES string of the molecule is CN(C)C(=O)n1cnc2nc(OCc3ccccc3)ncc21. The van der Waals surface area contributed by atoms with E-state index >= 15 is 0 Å². The smallest absolute Gasteiger partial charge is 0.329 e. The van der Waals surface area contributed by atoms with Gasteiger partial charge in [0.25, 0.3) is 0 Å². The standard InChI is InChI=1S/C15H15N5O2/c1-19(2)15(21)20-10-17-13-12(20)8-16-14(18-13)22-9-11-6-4-3-5-7-11/h3-8,10H,9H2,1-2H3. The fourth-order valence-corrected chi connectivity index (χ4v) is 1.95. The zero-order chi connectivity index (χ0) is 15.5. The van der Waals surface area contributed by atoms with E-state index < -0.39 is 0 Å². The Balaban J connectivity index is 1.81. The third-order valence-electron chi connectivity index (χ3n) is 3.08. The van der Waals surface area contributed by atoms with Crippen LogP contribution in [-0.4, -0.2) is 44.5 Å². The molecule has 0 N–H and O–H groups in total. The van der Waals surface area contributed by atoms with Crippen LogP contribution in [0.25, 0.3) is 11.2 Å². The van der Waals surface area contributed by atoms with Crippen LogP contribution >= 0.6 is 0 Å². The number of imidazole rings is 1. The molecule has 22 heavy (non-hydrogen) atoms. The fraction of sp³-hybridized carbons (Fsp3) is 0.200. The van der Waals surface area contributed by atoms with Gasteiger partial charge in [-0.2, -0.15) is 4.98 Å². The number of hydrogen-bond acceptors (Lipinski definition) is 5. The van der Waals surface area contributed by atoms with Crippen molar-refractivity contribution < 1.29 is 9.53 Å². The predicted molar refractivity (Wildman–Crippen MR) is 80.6 cm³/mol. The van der Waals surface area contributed by atoms with E-state index in [0.29, 0.717) is 17.8 Å². The summed E-state index contributed by atoms with van der Waals surface area (Å²) < 4.78 is 6.95. The van der Waals surface area contributed by atoms with Gasteiger partial charge in [-0.15, -0.1) is 0 Å². The second kappa shape index (κ2) is 5.80. The summed E-state index contributed by atoms with van der Waals surface area (Å²) >= 11 is 0. The molecular weight excluding hydrogens is 282 g/mol. The summed E-state index contributed by atoms with van der Waals surface area (Å²) in [6.07, 6.45) is 2.97. The number of aromatic nitrogens is 4. The average Bonchev–Trinajstić information content (AvgIpc) is 2.96. The molecule has 0 radical (unpaired) electrons. The summed E-state index contributed by atoms with van der Waals surface area (Å²) in [5, 5.41) is 0. The number of carbonyl (C=O) groups excluding carboxylic acids is 1. The second-order valence-electron chi connectivity index (χ2n) is 4.93. The van der Waals surface area contributed by atoms with Crippen LogP contribution in [0.15, 0.2) is 42.9 Å². The first-order valence-corrected chi connectivity index (χ1v) is 6.73. The highest BCUT2D eigenvalue weighted by Crippen LogP contribution is 2.14. The molecule has 0 aliphatic rings. The van der Waals surface area contributed by atoms with Gasteiger partial charge in [0.05, 0.1) is 6.20 Å². The van der Waals surface area contributed by atoms with Crippen molar-refractivity contribution in [3.8, 4) is 6.01 Å². The molecule has 7 heteroatoms. The highest BCUT2D eigenvalue weighted by atomic mass is 16.5. The van der Waals surface area contributed by atoms with Crippen LogP contribution < -0.4 is 4.74 Å². The van der Waals surface area contributed by atoms with E-state index in [1.807, 2.05) is 30.3 Å². The maximum absolute atomic E-state index is 12.0. The monoisotopic (exact) mass is 297 g/mol. The van der Waals surface area contributed by atoms with Crippen molar-refractivity contribution in [2.24, 2.45) is 0 Å².